The molecular formula is C27H34BrN5O3S. The molecule has 2 aliphatic rings. The number of carbonyl (C=O) groups is 2. The van der Waals surface area contributed by atoms with Gasteiger partial charge in [0.2, 0.25) is 5.91 Å². The normalized spacial score (nSPS) is 18.9. The van der Waals surface area contributed by atoms with Crippen LogP contribution in [0.15, 0.2) is 53.0 Å². The first-order valence-electron chi connectivity index (χ1n) is 12.7. The van der Waals surface area contributed by atoms with Gasteiger partial charge in [-0.05, 0) is 80.3 Å². The fourth-order valence-electron chi connectivity index (χ4n) is 4.77. The van der Waals surface area contributed by atoms with Crippen molar-refractivity contribution >= 4 is 56.4 Å². The van der Waals surface area contributed by atoms with Crippen molar-refractivity contribution in [3.8, 4) is 5.75 Å². The van der Waals surface area contributed by atoms with Crippen LogP contribution >= 0.6 is 28.1 Å². The molecule has 2 saturated heterocycles. The Morgan fingerprint density at radius 1 is 1.03 bits per heavy atom. The predicted molar refractivity (Wildman–Crippen MR) is 154 cm³/mol. The van der Waals surface area contributed by atoms with Crippen molar-refractivity contribution in [2.45, 2.75) is 25.8 Å². The van der Waals surface area contributed by atoms with E-state index >= 15 is 0 Å². The first-order chi connectivity index (χ1) is 17.9. The zero-order valence-electron chi connectivity index (χ0n) is 21.4. The summed E-state index contributed by atoms with van der Waals surface area (Å²) in [6.45, 7) is 9.10. The predicted octanol–water partition coefficient (Wildman–Crippen LogP) is 3.82. The smallest absolute Gasteiger partial charge is 0.256 e. The maximum Gasteiger partial charge on any atom is 0.256 e. The van der Waals surface area contributed by atoms with Gasteiger partial charge in [-0.15, -0.1) is 0 Å². The lowest BCUT2D eigenvalue weighted by molar-refractivity contribution is -0.124. The van der Waals surface area contributed by atoms with Gasteiger partial charge in [0.05, 0.1) is 19.2 Å². The number of nitrogens with one attached hydrogen (secondary N) is 1. The van der Waals surface area contributed by atoms with Gasteiger partial charge in [-0.2, -0.15) is 0 Å². The number of thiocarbonyl (C=S) groups is 1. The van der Waals surface area contributed by atoms with Gasteiger partial charge in [0.1, 0.15) is 11.8 Å². The molecule has 0 bridgehead atoms. The number of piperazine rings is 1. The Hall–Kier alpha value is -2.53. The van der Waals surface area contributed by atoms with Crippen LogP contribution in [0.25, 0.3) is 0 Å². The number of hydrogen-bond donors (Lipinski definition) is 1. The van der Waals surface area contributed by atoms with Crippen LogP contribution in [0.4, 0.5) is 11.4 Å². The molecule has 10 heteroatoms. The number of ether oxygens (including phenoxy) is 1. The third kappa shape index (κ3) is 6.87. The Labute approximate surface area is 232 Å². The van der Waals surface area contributed by atoms with Gasteiger partial charge in [-0.3, -0.25) is 14.5 Å². The molecule has 0 saturated carbocycles. The molecule has 0 aromatic heterocycles. The summed E-state index contributed by atoms with van der Waals surface area (Å²) in [6.07, 6.45) is 0.887. The number of carbonyl (C=O) groups excluding carboxylic acids is 2. The minimum absolute atomic E-state index is 0.0247. The van der Waals surface area contributed by atoms with Crippen molar-refractivity contribution in [2.75, 3.05) is 63.1 Å². The molecule has 2 aromatic carbocycles. The molecule has 1 N–H and O–H groups in total. The third-order valence-electron chi connectivity index (χ3n) is 6.94. The summed E-state index contributed by atoms with van der Waals surface area (Å²) < 4.78 is 6.19. The van der Waals surface area contributed by atoms with E-state index in [4.69, 9.17) is 17.0 Å². The zero-order valence-corrected chi connectivity index (χ0v) is 23.8. The Morgan fingerprint density at radius 3 is 2.30 bits per heavy atom. The number of amides is 2. The van der Waals surface area contributed by atoms with Crippen LogP contribution in [0.2, 0.25) is 0 Å². The lowest BCUT2D eigenvalue weighted by atomic mass is 10.1. The van der Waals surface area contributed by atoms with Crippen LogP contribution in [0.3, 0.4) is 0 Å². The summed E-state index contributed by atoms with van der Waals surface area (Å²) in [5, 5.41) is 3.35. The molecule has 2 aromatic rings. The highest BCUT2D eigenvalue weighted by atomic mass is 79.9. The first-order valence-corrected chi connectivity index (χ1v) is 13.9. The molecule has 0 aliphatic carbocycles. The van der Waals surface area contributed by atoms with E-state index in [1.54, 1.807) is 24.1 Å². The third-order valence-corrected chi connectivity index (χ3v) is 7.89. The van der Waals surface area contributed by atoms with Gasteiger partial charge in [-0.25, -0.2) is 0 Å². The summed E-state index contributed by atoms with van der Waals surface area (Å²) in [5.74, 6) is 0.296. The van der Waals surface area contributed by atoms with Crippen LogP contribution in [0, 0.1) is 0 Å². The molecule has 2 heterocycles. The second-order valence-electron chi connectivity index (χ2n) is 9.25. The molecule has 8 nitrogen and oxygen atoms in total. The monoisotopic (exact) mass is 587 g/mol. The number of methoxy groups -OCH3 is 1. The molecule has 2 aliphatic heterocycles. The highest BCUT2D eigenvalue weighted by molar-refractivity contribution is 9.10. The van der Waals surface area contributed by atoms with Crippen molar-refractivity contribution < 1.29 is 14.3 Å². The Bertz CT molecular complexity index is 1090. The van der Waals surface area contributed by atoms with Crippen LogP contribution in [-0.4, -0.2) is 90.6 Å². The van der Waals surface area contributed by atoms with E-state index in [9.17, 15) is 9.59 Å². The average Bonchev–Trinajstić information content (AvgIpc) is 3.14. The van der Waals surface area contributed by atoms with Gasteiger partial charge in [0.25, 0.3) is 5.91 Å². The van der Waals surface area contributed by atoms with Crippen LogP contribution in [0.5, 0.6) is 5.75 Å². The standard InChI is InChI=1S/C27H34BrN5O3S/c1-3-30-15-17-31(18-16-30)13-4-14-32-24(19-25(34)29-21-7-5-20(28)6-8-21)26(35)33(27(32)37)22-9-11-23(36-2)12-10-22/h5-12,24H,3-4,13-19H2,1-2H3,(H,29,34)/t24-/m0/s1. The quantitative estimate of drug-likeness (QED) is 0.424. The van der Waals surface area contributed by atoms with Gasteiger partial charge in [0, 0.05) is 42.9 Å². The van der Waals surface area contributed by atoms with E-state index in [0.717, 1.165) is 50.2 Å². The molecule has 37 heavy (non-hydrogen) atoms. The lowest BCUT2D eigenvalue weighted by Crippen LogP contribution is -2.47. The van der Waals surface area contributed by atoms with Gasteiger partial charge >= 0.3 is 0 Å². The molecule has 2 amide bonds. The minimum Gasteiger partial charge on any atom is -0.497 e. The number of hydrogen-bond acceptors (Lipinski definition) is 6. The van der Waals surface area contributed by atoms with Gasteiger partial charge < -0.3 is 24.8 Å². The molecule has 1 atom stereocenters. The number of rotatable bonds is 10. The Kier molecular flexibility index (Phi) is 9.53. The van der Waals surface area contributed by atoms with Crippen molar-refractivity contribution in [3.63, 3.8) is 0 Å². The second kappa shape index (κ2) is 12.8. The molecule has 0 unspecified atom stereocenters. The van der Waals surface area contributed by atoms with Crippen LogP contribution < -0.4 is 15.0 Å². The lowest BCUT2D eigenvalue weighted by Gasteiger charge is -2.34. The highest BCUT2D eigenvalue weighted by Gasteiger charge is 2.43. The van der Waals surface area contributed by atoms with E-state index in [1.807, 2.05) is 41.3 Å². The van der Waals surface area contributed by atoms with Crippen LogP contribution in [0.1, 0.15) is 19.8 Å². The largest absolute Gasteiger partial charge is 0.497 e. The summed E-state index contributed by atoms with van der Waals surface area (Å²) in [7, 11) is 1.60. The first kappa shape index (κ1) is 27.5. The Morgan fingerprint density at radius 2 is 1.68 bits per heavy atom. The number of anilines is 2. The fraction of sp³-hybridized carbons (Fsp3) is 0.444. The molecule has 2 fully saturated rings. The van der Waals surface area contributed by atoms with Crippen LogP contribution in [-0.2, 0) is 9.59 Å². The maximum absolute atomic E-state index is 13.6. The number of likely N-dealkylation sites (N-methyl/N-ethyl adjacent to an activating group) is 1. The summed E-state index contributed by atoms with van der Waals surface area (Å²) in [6, 6.07) is 14.0. The van der Waals surface area contributed by atoms with Gasteiger partial charge in [-0.1, -0.05) is 22.9 Å². The highest BCUT2D eigenvalue weighted by Crippen LogP contribution is 2.29. The number of nitrogens with zero attached hydrogens (tertiary/aromatic N) is 4. The molecule has 198 valence electrons. The molecular weight excluding hydrogens is 554 g/mol. The number of halogens is 1. The van der Waals surface area contributed by atoms with Crippen molar-refractivity contribution in [1.29, 1.82) is 0 Å². The Balaban J connectivity index is 1.45. The van der Waals surface area contributed by atoms with E-state index in [0.29, 0.717) is 28.8 Å². The topological polar surface area (TPSA) is 68.4 Å². The second-order valence-corrected chi connectivity index (χ2v) is 10.5. The molecule has 0 radical (unpaired) electrons. The summed E-state index contributed by atoms with van der Waals surface area (Å²) in [4.78, 5) is 35.0. The van der Waals surface area contributed by atoms with Crippen molar-refractivity contribution in [2.24, 2.45) is 0 Å². The van der Waals surface area contributed by atoms with E-state index in [1.165, 1.54) is 0 Å². The van der Waals surface area contributed by atoms with E-state index in [-0.39, 0.29) is 18.2 Å². The average molecular weight is 589 g/mol. The summed E-state index contributed by atoms with van der Waals surface area (Å²) in [5.41, 5.74) is 1.36. The van der Waals surface area contributed by atoms with Gasteiger partial charge in [0.15, 0.2) is 5.11 Å². The molecule has 0 spiro atoms. The summed E-state index contributed by atoms with van der Waals surface area (Å²) >= 11 is 9.20. The van der Waals surface area contributed by atoms with E-state index in [2.05, 4.69) is 38.0 Å². The minimum atomic E-state index is -0.651. The SMILES string of the molecule is CCN1CCN(CCCN2C(=S)N(c3ccc(OC)cc3)C(=O)[C@@H]2CC(=O)Nc2ccc(Br)cc2)CC1. The fourth-order valence-corrected chi connectivity index (χ4v) is 5.45. The maximum atomic E-state index is 13.6. The molecule has 4 rings (SSSR count). The number of benzene rings is 2. The van der Waals surface area contributed by atoms with E-state index < -0.39 is 6.04 Å². The van der Waals surface area contributed by atoms with Crippen molar-refractivity contribution in [3.05, 3.63) is 53.0 Å². The zero-order chi connectivity index (χ0) is 26.4. The van der Waals surface area contributed by atoms with Crippen molar-refractivity contribution in [1.82, 2.24) is 14.7 Å².